The molecular weight excluding hydrogens is 374 g/mol. The molecular formula is C22H33NO6. The Morgan fingerprint density at radius 1 is 1.14 bits per heavy atom. The predicted octanol–water partition coefficient (Wildman–Crippen LogP) is 4.15. The maximum atomic E-state index is 12.9. The van der Waals surface area contributed by atoms with Crippen molar-refractivity contribution < 1.29 is 28.5 Å². The van der Waals surface area contributed by atoms with Crippen LogP contribution in [0.3, 0.4) is 0 Å². The lowest BCUT2D eigenvalue weighted by Gasteiger charge is -2.20. The first-order valence-corrected chi connectivity index (χ1v) is 10.0. The van der Waals surface area contributed by atoms with Gasteiger partial charge < -0.3 is 24.3 Å². The van der Waals surface area contributed by atoms with Crippen LogP contribution in [0.5, 0.6) is 17.2 Å². The van der Waals surface area contributed by atoms with E-state index in [2.05, 4.69) is 5.32 Å². The number of hydrogen-bond donors (Lipinski definition) is 1. The van der Waals surface area contributed by atoms with Crippen molar-refractivity contribution in [2.75, 3.05) is 27.9 Å². The summed E-state index contributed by atoms with van der Waals surface area (Å²) in [6.07, 6.45) is 3.30. The van der Waals surface area contributed by atoms with Gasteiger partial charge in [-0.25, -0.2) is 4.79 Å². The first-order valence-electron chi connectivity index (χ1n) is 10.0. The number of nitrogens with one attached hydrogen (secondary N) is 1. The molecule has 7 heteroatoms. The van der Waals surface area contributed by atoms with Gasteiger partial charge in [-0.05, 0) is 58.4 Å². The van der Waals surface area contributed by atoms with Crippen LogP contribution in [0, 0.1) is 5.92 Å². The summed E-state index contributed by atoms with van der Waals surface area (Å²) in [7, 11) is 4.68. The largest absolute Gasteiger partial charge is 0.493 e. The highest BCUT2D eigenvalue weighted by atomic mass is 16.6. The van der Waals surface area contributed by atoms with Gasteiger partial charge in [0.25, 0.3) is 0 Å². The highest BCUT2D eigenvalue weighted by Crippen LogP contribution is 2.44. The summed E-state index contributed by atoms with van der Waals surface area (Å²) in [5.41, 5.74) is 1.02. The molecule has 0 aliphatic heterocycles. The Balaban J connectivity index is 2.00. The normalized spacial score (nSPS) is 16.5. The zero-order valence-electron chi connectivity index (χ0n) is 18.3. The highest BCUT2D eigenvalue weighted by Gasteiger charge is 2.29. The van der Waals surface area contributed by atoms with E-state index in [4.69, 9.17) is 18.9 Å². The van der Waals surface area contributed by atoms with Crippen LogP contribution in [0.4, 0.5) is 4.79 Å². The third-order valence-electron chi connectivity index (χ3n) is 4.97. The van der Waals surface area contributed by atoms with E-state index in [1.807, 2.05) is 20.8 Å². The molecule has 1 N–H and O–H groups in total. The Morgan fingerprint density at radius 3 is 2.41 bits per heavy atom. The molecule has 1 aromatic rings. The van der Waals surface area contributed by atoms with Crippen molar-refractivity contribution in [3.63, 3.8) is 0 Å². The van der Waals surface area contributed by atoms with Crippen LogP contribution in [-0.4, -0.2) is 45.4 Å². The number of benzene rings is 1. The fourth-order valence-corrected chi connectivity index (χ4v) is 3.68. The Morgan fingerprint density at radius 2 is 1.83 bits per heavy atom. The van der Waals surface area contributed by atoms with Crippen molar-refractivity contribution in [2.24, 2.45) is 5.92 Å². The summed E-state index contributed by atoms with van der Waals surface area (Å²) < 4.78 is 21.6. The predicted molar refractivity (Wildman–Crippen MR) is 110 cm³/mol. The molecule has 1 aliphatic carbocycles. The van der Waals surface area contributed by atoms with Gasteiger partial charge in [-0.2, -0.15) is 0 Å². The Hall–Kier alpha value is -2.44. The number of amides is 1. The fraction of sp³-hybridized carbons (Fsp3) is 0.636. The standard InChI is InChI=1S/C22H33NO6/c1-22(2,3)29-21(25)23-11-7-8-14-9-10-15-16(17(24)12-14)13-18(26-4)20(28-6)19(15)27-5/h13-14H,7-12H2,1-6H3,(H,23,25). The van der Waals surface area contributed by atoms with Gasteiger partial charge in [0.05, 0.1) is 21.3 Å². The quantitative estimate of drug-likeness (QED) is 0.540. The molecule has 0 radical (unpaired) electrons. The van der Waals surface area contributed by atoms with Crippen LogP contribution in [0.15, 0.2) is 6.07 Å². The van der Waals surface area contributed by atoms with E-state index in [1.165, 1.54) is 0 Å². The number of ether oxygens (including phenoxy) is 4. The minimum atomic E-state index is -0.509. The summed E-state index contributed by atoms with van der Waals surface area (Å²) in [6, 6.07) is 1.76. The molecule has 0 spiro atoms. The molecule has 0 aromatic heterocycles. The number of ketones is 1. The molecule has 0 heterocycles. The SMILES string of the molecule is COc1cc2c(c(OC)c1OC)CCC(CCCNC(=O)OC(C)(C)C)CC2=O. The molecule has 0 saturated carbocycles. The van der Waals surface area contributed by atoms with Crippen molar-refractivity contribution in [3.8, 4) is 17.2 Å². The van der Waals surface area contributed by atoms with Gasteiger partial charge in [0, 0.05) is 24.1 Å². The van der Waals surface area contributed by atoms with Gasteiger partial charge in [-0.3, -0.25) is 4.79 Å². The highest BCUT2D eigenvalue weighted by molar-refractivity contribution is 5.99. The second kappa shape index (κ2) is 9.85. The molecule has 1 aliphatic rings. The maximum absolute atomic E-state index is 12.9. The van der Waals surface area contributed by atoms with Crippen molar-refractivity contribution in [1.82, 2.24) is 5.32 Å². The van der Waals surface area contributed by atoms with Crippen LogP contribution in [0.25, 0.3) is 0 Å². The number of carbonyl (C=O) groups is 2. The monoisotopic (exact) mass is 407 g/mol. The topological polar surface area (TPSA) is 83.1 Å². The fourth-order valence-electron chi connectivity index (χ4n) is 3.68. The lowest BCUT2D eigenvalue weighted by atomic mass is 9.94. The number of fused-ring (bicyclic) bond motifs is 1. The van der Waals surface area contributed by atoms with Crippen molar-refractivity contribution >= 4 is 11.9 Å². The molecule has 1 unspecified atom stereocenters. The third-order valence-corrected chi connectivity index (χ3v) is 4.97. The Labute approximate surface area is 173 Å². The molecule has 7 nitrogen and oxygen atoms in total. The van der Waals surface area contributed by atoms with E-state index in [-0.39, 0.29) is 11.7 Å². The van der Waals surface area contributed by atoms with E-state index in [1.54, 1.807) is 27.4 Å². The van der Waals surface area contributed by atoms with Crippen LogP contribution < -0.4 is 19.5 Å². The summed E-state index contributed by atoms with van der Waals surface area (Å²) in [6.45, 7) is 6.02. The smallest absolute Gasteiger partial charge is 0.407 e. The van der Waals surface area contributed by atoms with Gasteiger partial charge >= 0.3 is 6.09 Å². The number of carbonyl (C=O) groups excluding carboxylic acids is 2. The van der Waals surface area contributed by atoms with E-state index in [0.717, 1.165) is 31.2 Å². The van der Waals surface area contributed by atoms with Crippen LogP contribution in [0.1, 0.15) is 62.4 Å². The summed E-state index contributed by atoms with van der Waals surface area (Å²) in [5, 5.41) is 2.77. The molecule has 29 heavy (non-hydrogen) atoms. The van der Waals surface area contributed by atoms with Gasteiger partial charge in [-0.15, -0.1) is 0 Å². The van der Waals surface area contributed by atoms with E-state index in [9.17, 15) is 9.59 Å². The summed E-state index contributed by atoms with van der Waals surface area (Å²) in [4.78, 5) is 24.6. The first-order chi connectivity index (χ1) is 13.7. The number of Topliss-reactive ketones (excluding diaryl/α,β-unsaturated/α-hetero) is 1. The van der Waals surface area contributed by atoms with Crippen LogP contribution in [0.2, 0.25) is 0 Å². The number of methoxy groups -OCH3 is 3. The molecule has 0 saturated heterocycles. The summed E-state index contributed by atoms with van der Waals surface area (Å²) in [5.74, 6) is 1.92. The average Bonchev–Trinajstić information content (AvgIpc) is 2.81. The van der Waals surface area contributed by atoms with Gasteiger partial charge in [0.2, 0.25) is 5.75 Å². The van der Waals surface area contributed by atoms with Crippen molar-refractivity contribution in [2.45, 2.75) is 58.5 Å². The number of alkyl carbamates (subject to hydrolysis) is 1. The number of hydrogen-bond acceptors (Lipinski definition) is 6. The zero-order chi connectivity index (χ0) is 21.6. The van der Waals surface area contributed by atoms with Gasteiger partial charge in [-0.1, -0.05) is 0 Å². The molecule has 1 amide bonds. The number of rotatable bonds is 7. The molecule has 162 valence electrons. The average molecular weight is 408 g/mol. The second-order valence-electron chi connectivity index (χ2n) is 8.27. The van der Waals surface area contributed by atoms with E-state index in [0.29, 0.717) is 35.8 Å². The van der Waals surface area contributed by atoms with Crippen LogP contribution >= 0.6 is 0 Å². The Bertz CT molecular complexity index is 738. The van der Waals surface area contributed by atoms with E-state index >= 15 is 0 Å². The second-order valence-corrected chi connectivity index (χ2v) is 8.27. The van der Waals surface area contributed by atoms with Crippen molar-refractivity contribution in [3.05, 3.63) is 17.2 Å². The molecule has 1 aromatic carbocycles. The van der Waals surface area contributed by atoms with Crippen LogP contribution in [-0.2, 0) is 11.2 Å². The first kappa shape index (κ1) is 22.8. The molecule has 0 fully saturated rings. The lowest BCUT2D eigenvalue weighted by Crippen LogP contribution is -2.33. The Kier molecular flexibility index (Phi) is 7.76. The lowest BCUT2D eigenvalue weighted by molar-refractivity contribution is 0.0525. The minimum Gasteiger partial charge on any atom is -0.493 e. The van der Waals surface area contributed by atoms with E-state index < -0.39 is 11.7 Å². The molecule has 1 atom stereocenters. The molecule has 2 rings (SSSR count). The van der Waals surface area contributed by atoms with Gasteiger partial charge in [0.1, 0.15) is 5.60 Å². The maximum Gasteiger partial charge on any atom is 0.407 e. The zero-order valence-corrected chi connectivity index (χ0v) is 18.3. The molecule has 0 bridgehead atoms. The minimum absolute atomic E-state index is 0.0851. The third kappa shape index (κ3) is 6.02. The van der Waals surface area contributed by atoms with Crippen molar-refractivity contribution in [1.29, 1.82) is 0 Å². The van der Waals surface area contributed by atoms with Gasteiger partial charge in [0.15, 0.2) is 17.3 Å². The summed E-state index contributed by atoms with van der Waals surface area (Å²) >= 11 is 0.